The Morgan fingerprint density at radius 2 is 1.54 bits per heavy atom. The average molecular weight is 394 g/mol. The first-order valence-electron chi connectivity index (χ1n) is 8.88. The Morgan fingerprint density at radius 3 is 2.25 bits per heavy atom. The zero-order valence-corrected chi connectivity index (χ0v) is 16.6. The maximum absolute atomic E-state index is 12.8. The summed E-state index contributed by atoms with van der Waals surface area (Å²) in [6, 6.07) is 21.4. The van der Waals surface area contributed by atoms with Crippen LogP contribution < -0.4 is 10.0 Å². The lowest BCUT2D eigenvalue weighted by Gasteiger charge is -2.12. The zero-order valence-electron chi connectivity index (χ0n) is 15.8. The van der Waals surface area contributed by atoms with Gasteiger partial charge in [-0.1, -0.05) is 54.6 Å². The Hall–Kier alpha value is -2.96. The standard InChI is InChI=1S/C22H22N2O3S/c1-16-8-6-7-11-20(16)24-22(25)19-13-12-17(2)21(14-19)28(26,27)23-15-18-9-4-3-5-10-18/h3-14,23H,15H2,1-2H3,(H,24,25). The van der Waals surface area contributed by atoms with Crippen molar-refractivity contribution in [2.45, 2.75) is 25.3 Å². The van der Waals surface area contributed by atoms with Gasteiger partial charge in [0.05, 0.1) is 4.90 Å². The van der Waals surface area contributed by atoms with Gasteiger partial charge in [0.1, 0.15) is 0 Å². The highest BCUT2D eigenvalue weighted by atomic mass is 32.2. The number of amides is 1. The molecule has 0 radical (unpaired) electrons. The van der Waals surface area contributed by atoms with Gasteiger partial charge in [0, 0.05) is 17.8 Å². The summed E-state index contributed by atoms with van der Waals surface area (Å²) in [6.07, 6.45) is 0. The maximum Gasteiger partial charge on any atom is 0.255 e. The van der Waals surface area contributed by atoms with Crippen molar-refractivity contribution in [3.8, 4) is 0 Å². The molecular weight excluding hydrogens is 372 g/mol. The molecule has 3 rings (SSSR count). The smallest absolute Gasteiger partial charge is 0.255 e. The van der Waals surface area contributed by atoms with Crippen molar-refractivity contribution in [3.63, 3.8) is 0 Å². The second-order valence-electron chi connectivity index (χ2n) is 6.56. The molecule has 0 aliphatic carbocycles. The van der Waals surface area contributed by atoms with E-state index < -0.39 is 10.0 Å². The van der Waals surface area contributed by atoms with E-state index in [1.54, 1.807) is 25.1 Å². The molecule has 0 saturated heterocycles. The van der Waals surface area contributed by atoms with Crippen LogP contribution in [-0.2, 0) is 16.6 Å². The summed E-state index contributed by atoms with van der Waals surface area (Å²) in [7, 11) is -3.76. The summed E-state index contributed by atoms with van der Waals surface area (Å²) in [6.45, 7) is 3.79. The van der Waals surface area contributed by atoms with Crippen LogP contribution in [0.2, 0.25) is 0 Å². The van der Waals surface area contributed by atoms with E-state index >= 15 is 0 Å². The number of rotatable bonds is 6. The van der Waals surface area contributed by atoms with Crippen molar-refractivity contribution in [2.24, 2.45) is 0 Å². The summed E-state index contributed by atoms with van der Waals surface area (Å²) in [4.78, 5) is 12.7. The van der Waals surface area contributed by atoms with Gasteiger partial charge in [-0.15, -0.1) is 0 Å². The summed E-state index contributed by atoms with van der Waals surface area (Å²) < 4.78 is 28.1. The number of sulfonamides is 1. The van der Waals surface area contributed by atoms with Crippen molar-refractivity contribution in [1.29, 1.82) is 0 Å². The van der Waals surface area contributed by atoms with E-state index in [1.807, 2.05) is 55.5 Å². The fourth-order valence-electron chi connectivity index (χ4n) is 2.79. The van der Waals surface area contributed by atoms with Crippen LogP contribution in [0.5, 0.6) is 0 Å². The van der Waals surface area contributed by atoms with Crippen molar-refractivity contribution in [2.75, 3.05) is 5.32 Å². The molecule has 3 aromatic carbocycles. The topological polar surface area (TPSA) is 75.3 Å². The molecular formula is C22H22N2O3S. The number of benzene rings is 3. The summed E-state index contributed by atoms with van der Waals surface area (Å²) >= 11 is 0. The minimum atomic E-state index is -3.76. The first kappa shape index (κ1) is 19.8. The number of carbonyl (C=O) groups is 1. The monoisotopic (exact) mass is 394 g/mol. The predicted molar refractivity (Wildman–Crippen MR) is 111 cm³/mol. The van der Waals surface area contributed by atoms with E-state index in [1.165, 1.54) is 6.07 Å². The van der Waals surface area contributed by atoms with Crippen molar-refractivity contribution >= 4 is 21.6 Å². The van der Waals surface area contributed by atoms with E-state index in [4.69, 9.17) is 0 Å². The fourth-order valence-corrected chi connectivity index (χ4v) is 4.08. The van der Waals surface area contributed by atoms with Crippen LogP contribution in [-0.4, -0.2) is 14.3 Å². The summed E-state index contributed by atoms with van der Waals surface area (Å²) in [5.74, 6) is -0.353. The molecule has 0 unspecified atom stereocenters. The van der Waals surface area contributed by atoms with Crippen LogP contribution in [0, 0.1) is 13.8 Å². The number of aryl methyl sites for hydroxylation is 2. The molecule has 0 heterocycles. The van der Waals surface area contributed by atoms with E-state index in [-0.39, 0.29) is 22.9 Å². The number of carbonyl (C=O) groups excluding carboxylic acids is 1. The lowest BCUT2D eigenvalue weighted by atomic mass is 10.1. The zero-order chi connectivity index (χ0) is 20.1. The number of anilines is 1. The molecule has 3 aromatic rings. The third kappa shape index (κ3) is 4.65. The molecule has 0 aromatic heterocycles. The van der Waals surface area contributed by atoms with Gasteiger partial charge >= 0.3 is 0 Å². The Balaban J connectivity index is 1.82. The lowest BCUT2D eigenvalue weighted by Crippen LogP contribution is -2.24. The largest absolute Gasteiger partial charge is 0.322 e. The third-order valence-electron chi connectivity index (χ3n) is 4.44. The molecule has 6 heteroatoms. The first-order chi connectivity index (χ1) is 13.4. The van der Waals surface area contributed by atoms with Crippen molar-refractivity contribution in [1.82, 2.24) is 4.72 Å². The maximum atomic E-state index is 12.8. The van der Waals surface area contributed by atoms with Crippen LogP contribution in [0.3, 0.4) is 0 Å². The molecule has 144 valence electrons. The van der Waals surface area contributed by atoms with Gasteiger partial charge in [0.2, 0.25) is 10.0 Å². The van der Waals surface area contributed by atoms with Gasteiger partial charge < -0.3 is 5.32 Å². The third-order valence-corrected chi connectivity index (χ3v) is 5.99. The van der Waals surface area contributed by atoms with Crippen molar-refractivity contribution < 1.29 is 13.2 Å². The van der Waals surface area contributed by atoms with Gasteiger partial charge in [-0.05, 0) is 48.7 Å². The molecule has 0 saturated carbocycles. The molecule has 0 fully saturated rings. The Kier molecular flexibility index (Phi) is 5.92. The van der Waals surface area contributed by atoms with Crippen LogP contribution in [0.15, 0.2) is 77.7 Å². The molecule has 0 spiro atoms. The molecule has 0 aliphatic rings. The number of para-hydroxylation sites is 1. The van der Waals surface area contributed by atoms with E-state index in [9.17, 15) is 13.2 Å². The summed E-state index contributed by atoms with van der Waals surface area (Å²) in [5, 5.41) is 2.83. The quantitative estimate of drug-likeness (QED) is 0.663. The van der Waals surface area contributed by atoms with E-state index in [0.29, 0.717) is 11.3 Å². The highest BCUT2D eigenvalue weighted by molar-refractivity contribution is 7.89. The first-order valence-corrected chi connectivity index (χ1v) is 10.4. The highest BCUT2D eigenvalue weighted by Crippen LogP contribution is 2.20. The fraction of sp³-hybridized carbons (Fsp3) is 0.136. The van der Waals surface area contributed by atoms with Gasteiger partial charge in [0.15, 0.2) is 0 Å². The molecule has 2 N–H and O–H groups in total. The minimum absolute atomic E-state index is 0.0980. The average Bonchev–Trinajstić information content (AvgIpc) is 2.69. The number of hydrogen-bond donors (Lipinski definition) is 2. The van der Waals surface area contributed by atoms with Crippen molar-refractivity contribution in [3.05, 3.63) is 95.1 Å². The van der Waals surface area contributed by atoms with Crippen LogP contribution in [0.25, 0.3) is 0 Å². The highest BCUT2D eigenvalue weighted by Gasteiger charge is 2.19. The van der Waals surface area contributed by atoms with Crippen LogP contribution in [0.4, 0.5) is 5.69 Å². The Morgan fingerprint density at radius 1 is 0.857 bits per heavy atom. The summed E-state index contributed by atoms with van der Waals surface area (Å²) in [5.41, 5.74) is 3.35. The van der Waals surface area contributed by atoms with Crippen LogP contribution >= 0.6 is 0 Å². The molecule has 1 amide bonds. The second kappa shape index (κ2) is 8.37. The van der Waals surface area contributed by atoms with E-state index in [2.05, 4.69) is 10.0 Å². The normalized spacial score (nSPS) is 11.2. The predicted octanol–water partition coefficient (Wildman–Crippen LogP) is 4.03. The Labute approximate surface area is 165 Å². The molecule has 0 aliphatic heterocycles. The molecule has 0 bridgehead atoms. The second-order valence-corrected chi connectivity index (χ2v) is 8.29. The minimum Gasteiger partial charge on any atom is -0.322 e. The van der Waals surface area contributed by atoms with Crippen LogP contribution in [0.1, 0.15) is 27.0 Å². The van der Waals surface area contributed by atoms with Gasteiger partial charge in [-0.3, -0.25) is 4.79 Å². The number of nitrogens with one attached hydrogen (secondary N) is 2. The van der Waals surface area contributed by atoms with Gasteiger partial charge in [0.25, 0.3) is 5.91 Å². The van der Waals surface area contributed by atoms with Gasteiger partial charge in [-0.25, -0.2) is 13.1 Å². The lowest BCUT2D eigenvalue weighted by molar-refractivity contribution is 0.102. The van der Waals surface area contributed by atoms with Gasteiger partial charge in [-0.2, -0.15) is 0 Å². The number of hydrogen-bond acceptors (Lipinski definition) is 3. The molecule has 5 nitrogen and oxygen atoms in total. The Bertz CT molecular complexity index is 1090. The molecule has 28 heavy (non-hydrogen) atoms. The molecule has 0 atom stereocenters. The van der Waals surface area contributed by atoms with E-state index in [0.717, 1.165) is 11.1 Å². The SMILES string of the molecule is Cc1ccccc1NC(=O)c1ccc(C)c(S(=O)(=O)NCc2ccccc2)c1.